The molecular weight excluding hydrogens is 1960 g/mol. The number of fused-ring (bicyclic) bond motifs is 1. The minimum Gasteiger partial charge on any atom is -0.480 e. The third kappa shape index (κ3) is 46.7. The van der Waals surface area contributed by atoms with E-state index in [0.29, 0.717) is 22.9 Å². The molecule has 18 atom stereocenters. The van der Waals surface area contributed by atoms with Gasteiger partial charge in [0.1, 0.15) is 90.6 Å². The Morgan fingerprint density at radius 2 is 0.726 bits per heavy atom. The summed E-state index contributed by atoms with van der Waals surface area (Å²) in [4.78, 5) is 328. The molecule has 0 aliphatic heterocycles. The number of rotatable bonds is 69. The third-order valence-corrected chi connectivity index (χ3v) is 23.1. The van der Waals surface area contributed by atoms with Gasteiger partial charge in [0.25, 0.3) is 0 Å². The zero-order valence-electron chi connectivity index (χ0n) is 84.1. The highest BCUT2D eigenvalue weighted by molar-refractivity contribution is 7.80. The monoisotopic (exact) mass is 2100 g/mol. The van der Waals surface area contributed by atoms with Crippen molar-refractivity contribution in [3.8, 4) is 0 Å². The number of thiol groups is 2. The topological polar surface area (TPSA) is 902 Å². The summed E-state index contributed by atoms with van der Waals surface area (Å²) in [5.41, 5.74) is 44.8. The number of nitrogens with two attached hydrogens (primary N) is 8. The number of carboxylic acid groups (broad SMARTS) is 1. The van der Waals surface area contributed by atoms with Crippen molar-refractivity contribution in [2.75, 3.05) is 51.3 Å². The van der Waals surface area contributed by atoms with E-state index in [9.17, 15) is 130 Å². The van der Waals surface area contributed by atoms with Crippen LogP contribution in [0.3, 0.4) is 0 Å². The molecule has 54 nitrogen and oxygen atoms in total. The van der Waals surface area contributed by atoms with Crippen molar-refractivity contribution in [2.24, 2.45) is 69.0 Å². The highest BCUT2D eigenvalue weighted by Crippen LogP contribution is 2.27. The average Bonchev–Trinajstić information content (AvgIpc) is 1.22. The number of aromatic amines is 1. The number of H-pyrrole nitrogens is 1. The minimum atomic E-state index is -1.97. The molecule has 23 amide bonds. The van der Waals surface area contributed by atoms with Gasteiger partial charge in [0.15, 0.2) is 0 Å². The zero-order chi connectivity index (χ0) is 111. The first-order valence-corrected chi connectivity index (χ1v) is 48.7. The standard InChI is InChI=1S/C90H149N27O27S2/c1-42(2)31-55(76(130)101-38-67(125)103-58(34-65(97)123)77(131)102-39-69(127)114-70(44(5)6)89(143)144)110-83(137)60(40-145)112-86(140)72(46(8)119)116-84(138)61(41-146)113-87(141)73(90(9,10)11)117(12)88(142)54(25-28-64(96)122)108-78(132)51(21-15-17-29-91)105-82(136)59(35-66(98)124)104-68(126)37-100-75(129)53(24-27-63(95)121)107-85(139)71(45(7)118)115-79(133)52(22-16-18-30-92)106-80(134)56(32-43(3)4)111-81(135)57(109-74(128)49(93)23-26-62(94)120)33-47-36-99-50-20-14-13-19-48(47)50/h13-14,19-20,36,42-46,49,51-61,70-73,99,118-119,145-146H,15-18,21-35,37-41,91-93H2,1-12H3,(H2,94,120)(H2,95,121)(H2,96,122)(H2,97,123)(H2,98,124)(H,100,129)(H,101,130)(H,102,131)(H,103,125)(H,104,126)(H,105,136)(H,106,134)(H,107,139)(H,108,132)(H,109,128)(H,110,137)(H,111,135)(H,112,140)(H,113,141)(H,114,127)(H,115,133)(H,116,138)(H,143,144)/t45-,46-,49+,51+,52+,53+,54+,55+,56+,57+,58+,59+,60+,61+,70+,71+,72+,73-/m1/s1. The van der Waals surface area contributed by atoms with E-state index in [0.717, 1.165) is 25.8 Å². The number of likely N-dealkylation sites (N-methyl/N-ethyl adjacent to an activating group) is 1. The maximum absolute atomic E-state index is 14.9. The number of primary amides is 5. The highest BCUT2D eigenvalue weighted by Gasteiger charge is 2.44. The van der Waals surface area contributed by atoms with Gasteiger partial charge < -0.3 is 161 Å². The molecule has 0 fully saturated rings. The molecule has 0 unspecified atom stereocenters. The van der Waals surface area contributed by atoms with Crippen molar-refractivity contribution in [1.29, 1.82) is 0 Å². The molecule has 0 saturated heterocycles. The molecule has 0 bridgehead atoms. The molecule has 1 aromatic carbocycles. The van der Waals surface area contributed by atoms with Crippen LogP contribution in [-0.4, -0.2) is 327 Å². The summed E-state index contributed by atoms with van der Waals surface area (Å²) in [6.07, 6.45) is -6.37. The molecule has 2 rings (SSSR count). The largest absolute Gasteiger partial charge is 0.480 e. The molecule has 2 aromatic rings. The van der Waals surface area contributed by atoms with Crippen molar-refractivity contribution >= 4 is 178 Å². The molecule has 1 aromatic heterocycles. The number of aliphatic hydroxyl groups excluding tert-OH is 2. The molecule has 0 radical (unpaired) electrons. The zero-order valence-corrected chi connectivity index (χ0v) is 85.9. The first-order valence-electron chi connectivity index (χ1n) is 47.5. The third-order valence-electron chi connectivity index (χ3n) is 22.4. The maximum atomic E-state index is 14.9. The van der Waals surface area contributed by atoms with Crippen LogP contribution >= 0.6 is 25.3 Å². The van der Waals surface area contributed by atoms with E-state index < -0.39 is 332 Å². The molecule has 818 valence electrons. The second-order valence-electron chi connectivity index (χ2n) is 37.5. The number of amides is 23. The van der Waals surface area contributed by atoms with Crippen molar-refractivity contribution in [1.82, 2.24) is 100 Å². The number of nitrogens with zero attached hydrogens (tertiary/aromatic N) is 1. The van der Waals surface area contributed by atoms with Gasteiger partial charge in [-0.1, -0.05) is 80.5 Å². The van der Waals surface area contributed by atoms with Crippen LogP contribution in [0.1, 0.15) is 184 Å². The summed E-state index contributed by atoms with van der Waals surface area (Å²) in [5, 5.41) is 72.5. The van der Waals surface area contributed by atoms with Gasteiger partial charge in [0.05, 0.1) is 50.7 Å². The lowest BCUT2D eigenvalue weighted by Crippen LogP contribution is -2.63. The molecule has 37 N–H and O–H groups in total. The Hall–Kier alpha value is -13.5. The number of hydrogen-bond acceptors (Lipinski definition) is 31. The summed E-state index contributed by atoms with van der Waals surface area (Å²) < 4.78 is 0. The molecular formula is C90H149N27O27S2. The van der Waals surface area contributed by atoms with E-state index in [2.05, 4.69) is 121 Å². The Balaban J connectivity index is 2.42. The predicted octanol–water partition coefficient (Wildman–Crippen LogP) is -10.7. The average molecular weight is 2110 g/mol. The van der Waals surface area contributed by atoms with E-state index in [1.807, 2.05) is 0 Å². The second kappa shape index (κ2) is 64.4. The number of carbonyl (C=O) groups excluding carboxylic acids is 23. The van der Waals surface area contributed by atoms with Crippen LogP contribution in [0.5, 0.6) is 0 Å². The van der Waals surface area contributed by atoms with Gasteiger partial charge in [-0.05, 0) is 132 Å². The van der Waals surface area contributed by atoms with Gasteiger partial charge in [-0.3, -0.25) is 110 Å². The van der Waals surface area contributed by atoms with Crippen LogP contribution in [0.25, 0.3) is 10.9 Å². The quantitative estimate of drug-likeness (QED) is 0.0216. The summed E-state index contributed by atoms with van der Waals surface area (Å²) in [6, 6.07) is -19.1. The molecule has 146 heavy (non-hydrogen) atoms. The number of aromatic nitrogens is 1. The normalized spacial score (nSPS) is 15.0. The number of benzene rings is 1. The maximum Gasteiger partial charge on any atom is 0.326 e. The first kappa shape index (κ1) is 129. The number of hydrogen-bond donors (Lipinski definition) is 31. The van der Waals surface area contributed by atoms with Crippen LogP contribution < -0.4 is 136 Å². The molecule has 1 heterocycles. The fourth-order valence-electron chi connectivity index (χ4n) is 14.8. The Labute approximate surface area is 855 Å². The highest BCUT2D eigenvalue weighted by atomic mass is 32.1. The van der Waals surface area contributed by atoms with E-state index in [1.54, 1.807) is 58.2 Å². The number of nitrogens with one attached hydrogen (secondary N) is 18. The Morgan fingerprint density at radius 3 is 1.15 bits per heavy atom. The van der Waals surface area contributed by atoms with E-state index in [-0.39, 0.29) is 89.1 Å². The van der Waals surface area contributed by atoms with Crippen LogP contribution in [0.4, 0.5) is 0 Å². The van der Waals surface area contributed by atoms with Gasteiger partial charge >= 0.3 is 5.97 Å². The number of unbranched alkanes of at least 4 members (excludes halogenated alkanes) is 2. The number of carbonyl (C=O) groups is 24. The smallest absolute Gasteiger partial charge is 0.326 e. The fraction of sp³-hybridized carbons (Fsp3) is 0.644. The summed E-state index contributed by atoms with van der Waals surface area (Å²) >= 11 is 8.44. The molecule has 56 heteroatoms. The van der Waals surface area contributed by atoms with Crippen molar-refractivity contribution in [3.63, 3.8) is 0 Å². The predicted molar refractivity (Wildman–Crippen MR) is 533 cm³/mol. The van der Waals surface area contributed by atoms with E-state index in [4.69, 9.17) is 45.9 Å². The molecule has 0 aliphatic carbocycles. The van der Waals surface area contributed by atoms with Crippen LogP contribution in [0.15, 0.2) is 30.5 Å². The van der Waals surface area contributed by atoms with Crippen molar-refractivity contribution in [2.45, 2.75) is 294 Å². The van der Waals surface area contributed by atoms with E-state index in [1.165, 1.54) is 34.6 Å². The van der Waals surface area contributed by atoms with Gasteiger partial charge in [-0.15, -0.1) is 0 Å². The number of para-hydroxylation sites is 1. The van der Waals surface area contributed by atoms with Gasteiger partial charge in [-0.2, -0.15) is 25.3 Å². The Kier molecular flexibility index (Phi) is 56.7. The SMILES string of the molecule is CC(C)C[C@H](NC(=O)[C@H](CS)NC(=O)[C@@H](NC(=O)[C@H](CS)NC(=O)[C@@H](N(C)C(=O)[C@H](CCC(N)=O)NC(=O)[C@H](CCCCN)NC(=O)[C@H](CC(N)=O)NC(=O)CNC(=O)[C@H](CCC(N)=O)NC(=O)[C@@H](NC(=O)[C@H](CCCCN)NC(=O)[C@H](CC(C)C)NC(=O)[C@H](Cc1c[nH]c2ccccc12)NC(=O)[C@@H](N)CCC(N)=O)[C@@H](C)O)C(C)(C)C)[C@@H](C)O)C(=O)NCC(=O)N[C@@H](CC(N)=O)C(=O)NCC(=O)N[C@H](C(=O)O)C(C)C. The van der Waals surface area contributed by atoms with Crippen molar-refractivity contribution < 1.29 is 130 Å². The summed E-state index contributed by atoms with van der Waals surface area (Å²) in [6.45, 7) is 13.9. The summed E-state index contributed by atoms with van der Waals surface area (Å²) in [7, 11) is 1.13. The minimum absolute atomic E-state index is 0.0402. The van der Waals surface area contributed by atoms with Gasteiger partial charge in [0.2, 0.25) is 136 Å². The number of carboxylic acids is 1. The number of aliphatic carboxylic acids is 1. The van der Waals surface area contributed by atoms with Crippen LogP contribution in [-0.2, 0) is 121 Å². The van der Waals surface area contributed by atoms with Gasteiger partial charge in [-0.25, -0.2) is 4.79 Å². The molecule has 0 spiro atoms. The Bertz CT molecular complexity index is 4860. The second-order valence-corrected chi connectivity index (χ2v) is 38.2. The summed E-state index contributed by atoms with van der Waals surface area (Å²) in [5.74, 6) is -27.9. The molecule has 0 aliphatic rings. The van der Waals surface area contributed by atoms with Gasteiger partial charge in [0, 0.05) is 61.3 Å². The number of aliphatic hydroxyl groups is 2. The first-order chi connectivity index (χ1) is 68.2. The van der Waals surface area contributed by atoms with Crippen LogP contribution in [0, 0.1) is 23.2 Å². The lowest BCUT2D eigenvalue weighted by Gasteiger charge is -2.39. The van der Waals surface area contributed by atoms with Crippen LogP contribution in [0.2, 0.25) is 0 Å². The lowest BCUT2D eigenvalue weighted by molar-refractivity contribution is -0.146. The lowest BCUT2D eigenvalue weighted by atomic mass is 9.84. The molecule has 0 saturated carbocycles. The van der Waals surface area contributed by atoms with E-state index >= 15 is 0 Å². The van der Waals surface area contributed by atoms with Crippen molar-refractivity contribution in [3.05, 3.63) is 36.0 Å². The Morgan fingerprint density at radius 1 is 0.384 bits per heavy atom. The fourth-order valence-corrected chi connectivity index (χ4v) is 15.3.